The van der Waals surface area contributed by atoms with E-state index < -0.39 is 0 Å². The van der Waals surface area contributed by atoms with E-state index in [1.54, 1.807) is 32.4 Å². The summed E-state index contributed by atoms with van der Waals surface area (Å²) in [5.41, 5.74) is 1.70. The van der Waals surface area contributed by atoms with Gasteiger partial charge in [-0.3, -0.25) is 4.79 Å². The number of hydrogen-bond acceptors (Lipinski definition) is 5. The second-order valence-electron chi connectivity index (χ2n) is 5.58. The smallest absolute Gasteiger partial charge is 0.286 e. The first-order chi connectivity index (χ1) is 12.9. The molecule has 1 amide bonds. The Morgan fingerprint density at radius 2 is 1.89 bits per heavy atom. The second-order valence-corrected chi connectivity index (χ2v) is 7.88. The van der Waals surface area contributed by atoms with Crippen molar-refractivity contribution in [2.45, 2.75) is 0 Å². The first-order valence-corrected chi connectivity index (χ1v) is 9.85. The molecule has 27 heavy (non-hydrogen) atoms. The molecule has 0 atom stereocenters. The maximum Gasteiger partial charge on any atom is 0.286 e. The van der Waals surface area contributed by atoms with E-state index in [1.807, 2.05) is 36.2 Å². The van der Waals surface area contributed by atoms with Gasteiger partial charge in [-0.1, -0.05) is 11.6 Å². The molecule has 1 aliphatic heterocycles. The number of benzene rings is 2. The molecule has 0 radical (unpaired) electrons. The lowest BCUT2D eigenvalue weighted by Gasteiger charge is -2.17. The first-order valence-electron chi connectivity index (χ1n) is 7.86. The highest BCUT2D eigenvalue weighted by atomic mass is 79.9. The number of thioether (sulfide) groups is 1. The maximum absolute atomic E-state index is 12.3. The van der Waals surface area contributed by atoms with Gasteiger partial charge in [0, 0.05) is 17.8 Å². The average molecular weight is 468 g/mol. The topological polar surface area (TPSA) is 51.1 Å². The van der Waals surface area contributed by atoms with Gasteiger partial charge in [0.2, 0.25) is 0 Å². The molecule has 8 heteroatoms. The van der Waals surface area contributed by atoms with Gasteiger partial charge < -0.3 is 14.4 Å². The van der Waals surface area contributed by atoms with Crippen LogP contribution in [0.5, 0.6) is 11.5 Å². The number of anilines is 1. The van der Waals surface area contributed by atoms with Crippen LogP contribution in [0.3, 0.4) is 0 Å². The fourth-order valence-corrected chi connectivity index (χ4v) is 4.13. The molecular weight excluding hydrogens is 452 g/mol. The third-order valence-electron chi connectivity index (χ3n) is 3.86. The van der Waals surface area contributed by atoms with E-state index in [9.17, 15) is 4.79 Å². The minimum absolute atomic E-state index is 0.276. The lowest BCUT2D eigenvalue weighted by atomic mass is 10.2. The summed E-state index contributed by atoms with van der Waals surface area (Å²) >= 11 is 10.7. The van der Waals surface area contributed by atoms with Gasteiger partial charge in [0.1, 0.15) is 0 Å². The Balaban J connectivity index is 1.85. The third kappa shape index (κ3) is 4.31. The summed E-state index contributed by atoms with van der Waals surface area (Å²) in [5.74, 6) is 0.903. The Hall–Kier alpha value is -1.96. The van der Waals surface area contributed by atoms with E-state index in [2.05, 4.69) is 20.9 Å². The van der Waals surface area contributed by atoms with Gasteiger partial charge in [0.05, 0.1) is 23.6 Å². The van der Waals surface area contributed by atoms with E-state index in [4.69, 9.17) is 21.1 Å². The maximum atomic E-state index is 12.3. The van der Waals surface area contributed by atoms with Crippen LogP contribution in [-0.4, -0.2) is 32.3 Å². The molecule has 0 saturated carbocycles. The van der Waals surface area contributed by atoms with E-state index >= 15 is 0 Å². The Bertz CT molecular complexity index is 945. The lowest BCUT2D eigenvalue weighted by molar-refractivity contribution is -0.113. The zero-order chi connectivity index (χ0) is 19.6. The number of methoxy groups -OCH3 is 2. The number of amides is 1. The number of rotatable bonds is 4. The van der Waals surface area contributed by atoms with Gasteiger partial charge in [-0.15, -0.1) is 0 Å². The summed E-state index contributed by atoms with van der Waals surface area (Å²) < 4.78 is 11.4. The predicted octanol–water partition coefficient (Wildman–Crippen LogP) is 5.23. The number of nitrogens with zero attached hydrogens (tertiary/aromatic N) is 2. The Labute approximate surface area is 175 Å². The number of hydrogen-bond donors (Lipinski definition) is 0. The van der Waals surface area contributed by atoms with Crippen molar-refractivity contribution in [2.24, 2.45) is 4.99 Å². The highest BCUT2D eigenvalue weighted by Gasteiger charge is 2.25. The fourth-order valence-electron chi connectivity index (χ4n) is 2.49. The minimum Gasteiger partial charge on any atom is -0.493 e. The van der Waals surface area contributed by atoms with Gasteiger partial charge in [-0.05, 0) is 75.7 Å². The highest BCUT2D eigenvalue weighted by Crippen LogP contribution is 2.38. The van der Waals surface area contributed by atoms with Crippen molar-refractivity contribution in [3.05, 3.63) is 56.4 Å². The summed E-state index contributed by atoms with van der Waals surface area (Å²) in [6, 6.07) is 11.0. The molecule has 0 aliphatic carbocycles. The monoisotopic (exact) mass is 466 g/mol. The second kappa shape index (κ2) is 8.37. The van der Waals surface area contributed by atoms with Crippen LogP contribution in [0.4, 0.5) is 5.69 Å². The molecule has 0 spiro atoms. The average Bonchev–Trinajstić information content (AvgIpc) is 3.01. The van der Waals surface area contributed by atoms with Crippen molar-refractivity contribution in [3.8, 4) is 11.5 Å². The molecule has 0 bridgehead atoms. The minimum atomic E-state index is -0.276. The van der Waals surface area contributed by atoms with Crippen LogP contribution in [-0.2, 0) is 4.79 Å². The van der Waals surface area contributed by atoms with Crippen LogP contribution in [0.15, 0.2) is 50.8 Å². The Morgan fingerprint density at radius 1 is 1.19 bits per heavy atom. The predicted molar refractivity (Wildman–Crippen MR) is 115 cm³/mol. The van der Waals surface area contributed by atoms with Gasteiger partial charge in [-0.25, -0.2) is 0 Å². The van der Waals surface area contributed by atoms with Crippen molar-refractivity contribution in [2.75, 3.05) is 26.2 Å². The Kier molecular flexibility index (Phi) is 6.14. The third-order valence-corrected chi connectivity index (χ3v) is 5.76. The fraction of sp³-hybridized carbons (Fsp3) is 0.158. The number of carbonyl (C=O) groups is 1. The zero-order valence-corrected chi connectivity index (χ0v) is 18.0. The van der Waals surface area contributed by atoms with Crippen molar-refractivity contribution in [1.82, 2.24) is 0 Å². The normalized spacial score (nSPS) is 15.1. The standard InChI is InChI=1S/C19H16BrClN2O3S/c1-23(13-6-4-12(21)5-7-13)19-22-18(24)16(27-19)10-11-8-14(20)17(26-3)15(9-11)25-2/h4-10H,1-3H3/b16-10-. The molecule has 1 heterocycles. The molecule has 0 aromatic heterocycles. The van der Waals surface area contributed by atoms with E-state index in [0.717, 1.165) is 15.7 Å². The summed E-state index contributed by atoms with van der Waals surface area (Å²) in [5, 5.41) is 1.26. The first kappa shape index (κ1) is 19.8. The quantitative estimate of drug-likeness (QED) is 0.577. The van der Waals surface area contributed by atoms with Gasteiger partial charge in [0.25, 0.3) is 5.91 Å². The molecule has 2 aromatic carbocycles. The van der Waals surface area contributed by atoms with Crippen LogP contribution in [0.2, 0.25) is 5.02 Å². The molecule has 0 unspecified atom stereocenters. The van der Waals surface area contributed by atoms with E-state index in [1.165, 1.54) is 11.8 Å². The van der Waals surface area contributed by atoms with Crippen LogP contribution in [0.25, 0.3) is 6.08 Å². The molecule has 2 aromatic rings. The summed E-state index contributed by atoms with van der Waals surface area (Å²) in [4.78, 5) is 18.9. The largest absolute Gasteiger partial charge is 0.493 e. The van der Waals surface area contributed by atoms with Crippen molar-refractivity contribution in [1.29, 1.82) is 0 Å². The molecule has 0 saturated heterocycles. The molecular formula is C19H16BrClN2O3S. The van der Waals surface area contributed by atoms with E-state index in [0.29, 0.717) is 26.6 Å². The number of carbonyl (C=O) groups excluding carboxylic acids is 1. The van der Waals surface area contributed by atoms with Crippen LogP contribution < -0.4 is 14.4 Å². The highest BCUT2D eigenvalue weighted by molar-refractivity contribution is 9.10. The lowest BCUT2D eigenvalue weighted by Crippen LogP contribution is -2.21. The van der Waals surface area contributed by atoms with Crippen LogP contribution in [0.1, 0.15) is 5.56 Å². The van der Waals surface area contributed by atoms with Crippen molar-refractivity contribution >= 4 is 62.1 Å². The van der Waals surface area contributed by atoms with Crippen LogP contribution >= 0.6 is 39.3 Å². The molecule has 1 aliphatic rings. The van der Waals surface area contributed by atoms with E-state index in [-0.39, 0.29) is 5.91 Å². The molecule has 5 nitrogen and oxygen atoms in total. The Morgan fingerprint density at radius 3 is 2.52 bits per heavy atom. The van der Waals surface area contributed by atoms with Crippen molar-refractivity contribution < 1.29 is 14.3 Å². The van der Waals surface area contributed by atoms with Gasteiger partial charge >= 0.3 is 0 Å². The summed E-state index contributed by atoms with van der Waals surface area (Å²) in [7, 11) is 5.00. The molecule has 140 valence electrons. The van der Waals surface area contributed by atoms with Gasteiger partial charge in [-0.2, -0.15) is 4.99 Å². The zero-order valence-electron chi connectivity index (χ0n) is 14.8. The van der Waals surface area contributed by atoms with Gasteiger partial charge in [0.15, 0.2) is 16.7 Å². The summed E-state index contributed by atoms with van der Waals surface area (Å²) in [6.45, 7) is 0. The molecule has 0 fully saturated rings. The SMILES string of the molecule is COc1cc(/C=C2\SC(N(C)c3ccc(Cl)cc3)=NC2=O)cc(Br)c1OC. The summed E-state index contributed by atoms with van der Waals surface area (Å²) in [6.07, 6.45) is 1.78. The number of halogens is 2. The number of ether oxygens (including phenoxy) is 2. The van der Waals surface area contributed by atoms with Crippen LogP contribution in [0, 0.1) is 0 Å². The molecule has 0 N–H and O–H groups in total. The number of amidine groups is 1. The molecule has 3 rings (SSSR count). The number of aliphatic imine (C=N–C) groups is 1. The van der Waals surface area contributed by atoms with Crippen molar-refractivity contribution in [3.63, 3.8) is 0 Å².